The predicted octanol–water partition coefficient (Wildman–Crippen LogP) is 13.8. The number of rotatable bonds is 3. The molecule has 0 atom stereocenters. The van der Waals surface area contributed by atoms with Crippen molar-refractivity contribution < 1.29 is 8.83 Å². The summed E-state index contributed by atoms with van der Waals surface area (Å²) in [7, 11) is 0. The summed E-state index contributed by atoms with van der Waals surface area (Å²) in [5.74, 6) is 0. The summed E-state index contributed by atoms with van der Waals surface area (Å²) in [5, 5.41) is 19.2. The van der Waals surface area contributed by atoms with Crippen molar-refractivity contribution in [2.24, 2.45) is 0 Å². The number of hydrogen-bond acceptors (Lipinski definition) is 3. The Bertz CT molecular complexity index is 3750. The number of para-hydroxylation sites is 5. The molecule has 6 heteroatoms. The third-order valence-electron chi connectivity index (χ3n) is 11.3. The molecule has 0 aliphatic carbocycles. The third-order valence-corrected chi connectivity index (χ3v) is 11.3. The molecule has 0 N–H and O–H groups in total. The van der Waals surface area contributed by atoms with Gasteiger partial charge in [0.25, 0.3) is 0 Å². The van der Waals surface area contributed by atoms with E-state index in [0.717, 1.165) is 110 Å². The first-order valence-electron chi connectivity index (χ1n) is 18.4. The zero-order chi connectivity index (χ0) is 37.1. The Labute approximate surface area is 318 Å². The summed E-state index contributed by atoms with van der Waals surface area (Å²) in [6.45, 7) is 8.29. The van der Waals surface area contributed by atoms with Crippen LogP contribution in [0.3, 0.4) is 0 Å². The van der Waals surface area contributed by atoms with Crippen LogP contribution in [0.5, 0.6) is 0 Å². The van der Waals surface area contributed by atoms with Crippen LogP contribution in [-0.4, -0.2) is 9.13 Å². The van der Waals surface area contributed by atoms with Gasteiger partial charge in [0.2, 0.25) is 0 Å². The fraction of sp³-hybridized carbons (Fsp3) is 0. The lowest BCUT2D eigenvalue weighted by Crippen LogP contribution is -2.02. The average molecular weight is 715 g/mol. The highest BCUT2D eigenvalue weighted by Crippen LogP contribution is 2.45. The second-order valence-corrected chi connectivity index (χ2v) is 14.3. The van der Waals surface area contributed by atoms with Crippen LogP contribution < -0.4 is 0 Å². The lowest BCUT2D eigenvalue weighted by atomic mass is 9.98. The van der Waals surface area contributed by atoms with Crippen LogP contribution in [0, 0.1) is 17.9 Å². The lowest BCUT2D eigenvalue weighted by molar-refractivity contribution is 0.669. The molecule has 6 nitrogen and oxygen atoms in total. The van der Waals surface area contributed by atoms with Gasteiger partial charge in [0.05, 0.1) is 39.9 Å². The minimum atomic E-state index is 0.494. The number of hydrogen-bond donors (Lipinski definition) is 0. The highest BCUT2D eigenvalue weighted by molar-refractivity contribution is 6.22. The third kappa shape index (κ3) is 4.07. The normalized spacial score (nSPS) is 11.9. The number of fused-ring (bicyclic) bond motifs is 13. The van der Waals surface area contributed by atoms with E-state index in [0.29, 0.717) is 11.3 Å². The van der Waals surface area contributed by atoms with E-state index in [1.54, 1.807) is 0 Å². The van der Waals surface area contributed by atoms with E-state index in [1.165, 1.54) is 0 Å². The molecule has 0 spiro atoms. The van der Waals surface area contributed by atoms with Crippen molar-refractivity contribution in [3.8, 4) is 28.6 Å². The minimum Gasteiger partial charge on any atom is -0.456 e. The Hall–Kier alpha value is -8.06. The summed E-state index contributed by atoms with van der Waals surface area (Å²) in [6, 6.07) is 55.9. The maximum Gasteiger partial charge on any atom is 0.189 e. The van der Waals surface area contributed by atoms with E-state index < -0.39 is 0 Å². The Morgan fingerprint density at radius 3 is 1.93 bits per heavy atom. The van der Waals surface area contributed by atoms with Crippen molar-refractivity contribution in [3.05, 3.63) is 175 Å². The molecule has 4 aromatic heterocycles. The topological polar surface area (TPSA) is 64.3 Å². The smallest absolute Gasteiger partial charge is 0.189 e. The quantitative estimate of drug-likeness (QED) is 0.171. The molecule has 0 amide bonds. The zero-order valence-electron chi connectivity index (χ0n) is 29.6. The number of nitrogens with zero attached hydrogens (tertiary/aromatic N) is 4. The molecule has 56 heavy (non-hydrogen) atoms. The van der Waals surface area contributed by atoms with Gasteiger partial charge in [0.1, 0.15) is 22.8 Å². The summed E-state index contributed by atoms with van der Waals surface area (Å²) in [6.07, 6.45) is 0. The van der Waals surface area contributed by atoms with E-state index in [1.807, 2.05) is 78.9 Å². The van der Waals surface area contributed by atoms with Crippen LogP contribution in [0.2, 0.25) is 0 Å². The molecule has 0 unspecified atom stereocenters. The Balaban J connectivity index is 1.18. The molecule has 12 aromatic rings. The Morgan fingerprint density at radius 2 is 1.16 bits per heavy atom. The van der Waals surface area contributed by atoms with Crippen molar-refractivity contribution in [2.45, 2.75) is 0 Å². The standard InChI is InChI=1S/C50H26N4O2/c1-52-31-23-30(24-32(25-31)53-42-17-6-3-13-35(42)40-27-47-41(26-44(40)53)37-15-5-8-19-45(37)55-47)33-16-10-11-29(28-51)48(33)54-43-18-7-2-12-34(43)38-21-22-39-36-14-4-9-20-46(36)56-50(39)49(38)54/h2-27H. The minimum absolute atomic E-state index is 0.494. The van der Waals surface area contributed by atoms with Crippen LogP contribution in [0.25, 0.3) is 115 Å². The van der Waals surface area contributed by atoms with E-state index >= 15 is 0 Å². The van der Waals surface area contributed by atoms with Gasteiger partial charge in [-0.05, 0) is 72.3 Å². The summed E-state index contributed by atoms with van der Waals surface area (Å²) < 4.78 is 17.4. The fourth-order valence-electron chi connectivity index (χ4n) is 8.98. The number of aromatic nitrogens is 2. The number of nitriles is 1. The summed E-state index contributed by atoms with van der Waals surface area (Å²) in [4.78, 5) is 4.00. The van der Waals surface area contributed by atoms with Crippen LogP contribution in [0.1, 0.15) is 5.56 Å². The van der Waals surface area contributed by atoms with Gasteiger partial charge in [-0.15, -0.1) is 0 Å². The van der Waals surface area contributed by atoms with Gasteiger partial charge in [0.15, 0.2) is 11.3 Å². The number of benzene rings is 8. The van der Waals surface area contributed by atoms with E-state index in [-0.39, 0.29) is 0 Å². The second kappa shape index (κ2) is 11.2. The maximum absolute atomic E-state index is 10.8. The molecule has 12 rings (SSSR count). The first kappa shape index (κ1) is 30.4. The first-order valence-corrected chi connectivity index (χ1v) is 18.4. The molecule has 0 radical (unpaired) electrons. The molecule has 0 aliphatic rings. The highest BCUT2D eigenvalue weighted by atomic mass is 16.3. The van der Waals surface area contributed by atoms with E-state index in [9.17, 15) is 5.26 Å². The maximum atomic E-state index is 10.8. The van der Waals surface area contributed by atoms with Gasteiger partial charge in [-0.3, -0.25) is 0 Å². The summed E-state index contributed by atoms with van der Waals surface area (Å²) in [5.41, 5.74) is 11.4. The summed E-state index contributed by atoms with van der Waals surface area (Å²) >= 11 is 0. The van der Waals surface area contributed by atoms with Gasteiger partial charge in [0, 0.05) is 54.3 Å². The largest absolute Gasteiger partial charge is 0.456 e. The van der Waals surface area contributed by atoms with Crippen LogP contribution in [-0.2, 0) is 0 Å². The van der Waals surface area contributed by atoms with Gasteiger partial charge in [-0.25, -0.2) is 4.85 Å². The van der Waals surface area contributed by atoms with Crippen molar-refractivity contribution in [1.29, 1.82) is 5.26 Å². The van der Waals surface area contributed by atoms with Gasteiger partial charge < -0.3 is 18.0 Å². The SMILES string of the molecule is [C-]#[N+]c1cc(-c2cccc(C#N)c2-n2c3ccccc3c3ccc4c5ccccc5oc4c32)cc(-n2c3ccccc3c3cc4oc5ccccc5c4cc32)c1. The van der Waals surface area contributed by atoms with E-state index in [4.69, 9.17) is 15.4 Å². The lowest BCUT2D eigenvalue weighted by Gasteiger charge is -2.17. The fourth-order valence-corrected chi connectivity index (χ4v) is 8.98. The average Bonchev–Trinajstić information content (AvgIpc) is 4.00. The highest BCUT2D eigenvalue weighted by Gasteiger charge is 2.24. The molecule has 258 valence electrons. The van der Waals surface area contributed by atoms with Crippen LogP contribution >= 0.6 is 0 Å². The molecule has 0 saturated carbocycles. The molecule has 0 saturated heterocycles. The first-order chi connectivity index (χ1) is 27.7. The van der Waals surface area contributed by atoms with Gasteiger partial charge in [-0.2, -0.15) is 5.26 Å². The van der Waals surface area contributed by atoms with E-state index in [2.05, 4.69) is 98.9 Å². The Morgan fingerprint density at radius 1 is 0.500 bits per heavy atom. The molecule has 4 heterocycles. The molecular formula is C50H26N4O2. The van der Waals surface area contributed by atoms with Crippen molar-refractivity contribution in [3.63, 3.8) is 0 Å². The van der Waals surface area contributed by atoms with Crippen molar-refractivity contribution in [1.82, 2.24) is 9.13 Å². The number of furan rings is 2. The molecule has 0 aliphatic heterocycles. The van der Waals surface area contributed by atoms with Gasteiger partial charge in [-0.1, -0.05) is 91.0 Å². The van der Waals surface area contributed by atoms with Crippen molar-refractivity contribution >= 4 is 93.2 Å². The Kier molecular flexibility index (Phi) is 6.10. The molecular weight excluding hydrogens is 689 g/mol. The monoisotopic (exact) mass is 714 g/mol. The zero-order valence-corrected chi connectivity index (χ0v) is 29.6. The second-order valence-electron chi connectivity index (χ2n) is 14.3. The predicted molar refractivity (Wildman–Crippen MR) is 226 cm³/mol. The van der Waals surface area contributed by atoms with Gasteiger partial charge >= 0.3 is 0 Å². The molecule has 8 aromatic carbocycles. The molecule has 0 fully saturated rings. The van der Waals surface area contributed by atoms with Crippen LogP contribution in [0.15, 0.2) is 167 Å². The van der Waals surface area contributed by atoms with Crippen LogP contribution in [0.4, 0.5) is 5.69 Å². The molecule has 0 bridgehead atoms. The van der Waals surface area contributed by atoms with Crippen molar-refractivity contribution in [2.75, 3.05) is 0 Å².